The molecule has 2 aromatic carbocycles. The molecule has 1 saturated heterocycles. The molecule has 0 aromatic heterocycles. The number of carbonyl (C=O) groups excluding carboxylic acids is 1. The molecule has 8 heteroatoms. The molecule has 1 fully saturated rings. The van der Waals surface area contributed by atoms with E-state index in [0.29, 0.717) is 31.7 Å². The summed E-state index contributed by atoms with van der Waals surface area (Å²) in [6.07, 6.45) is 0.871. The number of nitrogens with zero attached hydrogens (tertiary/aromatic N) is 3. The molecule has 32 heavy (non-hydrogen) atoms. The number of sulfonamides is 1. The lowest BCUT2D eigenvalue weighted by molar-refractivity contribution is 0.0760. The van der Waals surface area contributed by atoms with Crippen molar-refractivity contribution in [3.63, 3.8) is 0 Å². The van der Waals surface area contributed by atoms with Gasteiger partial charge >= 0.3 is 0 Å². The van der Waals surface area contributed by atoms with E-state index in [9.17, 15) is 13.2 Å². The quantitative estimate of drug-likeness (QED) is 0.604. The molecule has 0 aliphatic carbocycles. The predicted molar refractivity (Wildman–Crippen MR) is 129 cm³/mol. The van der Waals surface area contributed by atoms with Crippen molar-refractivity contribution >= 4 is 27.5 Å². The first kappa shape index (κ1) is 24.7. The molecule has 0 saturated carbocycles. The summed E-state index contributed by atoms with van der Waals surface area (Å²) in [6, 6.07) is 12.7. The van der Waals surface area contributed by atoms with E-state index >= 15 is 0 Å². The van der Waals surface area contributed by atoms with E-state index in [0.717, 1.165) is 36.6 Å². The van der Waals surface area contributed by atoms with Gasteiger partial charge in [0, 0.05) is 56.4 Å². The van der Waals surface area contributed by atoms with Gasteiger partial charge in [0.25, 0.3) is 5.91 Å². The maximum Gasteiger partial charge on any atom is 0.254 e. The van der Waals surface area contributed by atoms with Crippen LogP contribution in [-0.4, -0.2) is 67.7 Å². The molecule has 174 valence electrons. The summed E-state index contributed by atoms with van der Waals surface area (Å²) in [5.41, 5.74) is 2.44. The number of hydrogen-bond acceptors (Lipinski definition) is 4. The van der Waals surface area contributed by atoms with E-state index in [-0.39, 0.29) is 10.8 Å². The van der Waals surface area contributed by atoms with Crippen LogP contribution < -0.4 is 0 Å². The molecule has 0 spiro atoms. The van der Waals surface area contributed by atoms with Crippen molar-refractivity contribution in [1.82, 2.24) is 14.1 Å². The molecule has 6 nitrogen and oxygen atoms in total. The Morgan fingerprint density at radius 1 is 1.00 bits per heavy atom. The van der Waals surface area contributed by atoms with Gasteiger partial charge in [-0.05, 0) is 48.7 Å². The summed E-state index contributed by atoms with van der Waals surface area (Å²) in [5.74, 6) is -0.104. The highest BCUT2D eigenvalue weighted by Gasteiger charge is 2.26. The molecular weight excluding hydrogens is 446 g/mol. The molecular formula is C24H32ClN3O3S. The maximum atomic E-state index is 13.3. The fourth-order valence-electron chi connectivity index (χ4n) is 4.06. The minimum absolute atomic E-state index is 0.104. The van der Waals surface area contributed by atoms with E-state index in [1.165, 1.54) is 9.87 Å². The van der Waals surface area contributed by atoms with Gasteiger partial charge in [-0.15, -0.1) is 0 Å². The van der Waals surface area contributed by atoms with Gasteiger partial charge in [0.05, 0.1) is 4.90 Å². The van der Waals surface area contributed by atoms with Crippen LogP contribution in [-0.2, 0) is 16.6 Å². The van der Waals surface area contributed by atoms with Crippen molar-refractivity contribution < 1.29 is 13.2 Å². The van der Waals surface area contributed by atoms with E-state index in [1.54, 1.807) is 18.2 Å². The fourth-order valence-corrected chi connectivity index (χ4v) is 5.67. The van der Waals surface area contributed by atoms with Crippen molar-refractivity contribution in [1.29, 1.82) is 0 Å². The molecule has 3 rings (SSSR count). The van der Waals surface area contributed by atoms with Gasteiger partial charge in [0.1, 0.15) is 0 Å². The summed E-state index contributed by atoms with van der Waals surface area (Å²) in [6.45, 7) is 10.0. The highest BCUT2D eigenvalue weighted by atomic mass is 35.5. The van der Waals surface area contributed by atoms with Crippen LogP contribution in [0.15, 0.2) is 47.4 Å². The number of benzene rings is 2. The second-order valence-corrected chi connectivity index (χ2v) is 10.5. The van der Waals surface area contributed by atoms with Gasteiger partial charge in [0.2, 0.25) is 10.0 Å². The Labute approximate surface area is 196 Å². The molecule has 1 aliphatic heterocycles. The average molecular weight is 478 g/mol. The Balaban J connectivity index is 1.74. The van der Waals surface area contributed by atoms with E-state index in [4.69, 9.17) is 11.6 Å². The Morgan fingerprint density at radius 3 is 2.34 bits per heavy atom. The zero-order chi connectivity index (χ0) is 23.3. The van der Waals surface area contributed by atoms with Crippen LogP contribution in [0.2, 0.25) is 5.02 Å². The molecule has 0 atom stereocenters. The van der Waals surface area contributed by atoms with Crippen molar-refractivity contribution in [2.24, 2.45) is 0 Å². The van der Waals surface area contributed by atoms with Crippen molar-refractivity contribution in [2.45, 2.75) is 38.6 Å². The minimum atomic E-state index is -3.61. The first-order valence-electron chi connectivity index (χ1n) is 11.1. The van der Waals surface area contributed by atoms with Gasteiger partial charge in [0.15, 0.2) is 0 Å². The molecule has 2 aromatic rings. The van der Waals surface area contributed by atoms with Crippen LogP contribution in [0.3, 0.4) is 0 Å². The summed E-state index contributed by atoms with van der Waals surface area (Å²) >= 11 is 5.98. The lowest BCUT2D eigenvalue weighted by Gasteiger charge is -2.24. The van der Waals surface area contributed by atoms with Crippen molar-refractivity contribution in [3.8, 4) is 0 Å². The smallest absolute Gasteiger partial charge is 0.254 e. The maximum absolute atomic E-state index is 13.3. The molecule has 1 heterocycles. The van der Waals surface area contributed by atoms with Crippen molar-refractivity contribution in [3.05, 3.63) is 64.2 Å². The fraction of sp³-hybridized carbons (Fsp3) is 0.458. The van der Waals surface area contributed by atoms with Crippen LogP contribution >= 0.6 is 11.6 Å². The lowest BCUT2D eigenvalue weighted by Crippen LogP contribution is -2.36. The third-order valence-corrected chi connectivity index (χ3v) is 8.28. The minimum Gasteiger partial charge on any atom is -0.337 e. The summed E-state index contributed by atoms with van der Waals surface area (Å²) in [7, 11) is -3.61. The topological polar surface area (TPSA) is 60.9 Å². The van der Waals surface area contributed by atoms with Crippen LogP contribution in [0.4, 0.5) is 0 Å². The third-order valence-electron chi connectivity index (χ3n) is 5.98. The molecule has 1 aliphatic rings. The van der Waals surface area contributed by atoms with E-state index in [2.05, 4.69) is 4.90 Å². The Bertz CT molecular complexity index is 1040. The SMILES string of the molecule is CCN(CC)S(=O)(=O)c1ccc(C)c(C(=O)N2CCCN(Cc3ccc(Cl)cc3)CC2)c1. The molecule has 0 unspecified atom stereocenters. The van der Waals surface area contributed by atoms with Gasteiger partial charge in [-0.3, -0.25) is 9.69 Å². The van der Waals surface area contributed by atoms with E-state index in [1.807, 2.05) is 49.9 Å². The zero-order valence-corrected chi connectivity index (χ0v) is 20.6. The summed E-state index contributed by atoms with van der Waals surface area (Å²) < 4.78 is 27.3. The van der Waals surface area contributed by atoms with Gasteiger partial charge in [-0.25, -0.2) is 8.42 Å². The van der Waals surface area contributed by atoms with Crippen molar-refractivity contribution in [2.75, 3.05) is 39.3 Å². The monoisotopic (exact) mass is 477 g/mol. The zero-order valence-electron chi connectivity index (χ0n) is 19.1. The predicted octanol–water partition coefficient (Wildman–Crippen LogP) is 4.03. The van der Waals surface area contributed by atoms with Gasteiger partial charge in [-0.1, -0.05) is 43.6 Å². The normalized spacial score (nSPS) is 15.7. The molecule has 0 N–H and O–H groups in total. The number of amides is 1. The number of halogens is 1. The summed E-state index contributed by atoms with van der Waals surface area (Å²) in [4.78, 5) is 17.7. The summed E-state index contributed by atoms with van der Waals surface area (Å²) in [5, 5.41) is 0.724. The first-order valence-corrected chi connectivity index (χ1v) is 12.9. The number of rotatable bonds is 7. The highest BCUT2D eigenvalue weighted by Crippen LogP contribution is 2.22. The van der Waals surface area contributed by atoms with Crippen LogP contribution in [0.25, 0.3) is 0 Å². The molecule has 1 amide bonds. The van der Waals surface area contributed by atoms with Crippen LogP contribution in [0.5, 0.6) is 0 Å². The Morgan fingerprint density at radius 2 is 1.69 bits per heavy atom. The second-order valence-electron chi connectivity index (χ2n) is 8.11. The van der Waals surface area contributed by atoms with Gasteiger partial charge < -0.3 is 4.90 Å². The van der Waals surface area contributed by atoms with E-state index < -0.39 is 10.0 Å². The van der Waals surface area contributed by atoms with Crippen LogP contribution in [0.1, 0.15) is 41.8 Å². The largest absolute Gasteiger partial charge is 0.337 e. The average Bonchev–Trinajstić information content (AvgIpc) is 3.01. The Kier molecular flexibility index (Phi) is 8.33. The second kappa shape index (κ2) is 10.8. The van der Waals surface area contributed by atoms with Gasteiger partial charge in [-0.2, -0.15) is 4.31 Å². The lowest BCUT2D eigenvalue weighted by atomic mass is 10.1. The standard InChI is InChI=1S/C24H32ClN3O3S/c1-4-28(5-2)32(30,31)22-12-7-19(3)23(17-22)24(29)27-14-6-13-26(15-16-27)18-20-8-10-21(25)11-9-20/h7-12,17H,4-6,13-16,18H2,1-3H3. The van der Waals surface area contributed by atoms with Crippen LogP contribution in [0, 0.1) is 6.92 Å². The number of carbonyl (C=O) groups is 1. The third kappa shape index (κ3) is 5.70. The molecule has 0 bridgehead atoms. The Hall–Kier alpha value is -1.93. The first-order chi connectivity index (χ1) is 15.3. The number of aryl methyl sites for hydroxylation is 1. The number of hydrogen-bond donors (Lipinski definition) is 0. The highest BCUT2D eigenvalue weighted by molar-refractivity contribution is 7.89. The molecule has 0 radical (unpaired) electrons.